The Morgan fingerprint density at radius 2 is 2.18 bits per heavy atom. The van der Waals surface area contributed by atoms with Gasteiger partial charge in [-0.3, -0.25) is 0 Å². The number of nitrogens with one attached hydrogen (secondary N) is 1. The van der Waals surface area contributed by atoms with E-state index in [0.717, 1.165) is 6.42 Å². The van der Waals surface area contributed by atoms with Gasteiger partial charge in [-0.25, -0.2) is 9.89 Å². The Labute approximate surface area is 65.4 Å². The topological polar surface area (TPSA) is 63.6 Å². The summed E-state index contributed by atoms with van der Waals surface area (Å²) in [4.78, 5) is 10.6. The van der Waals surface area contributed by atoms with Crippen LogP contribution in [0, 0.1) is 0 Å². The molecule has 0 saturated heterocycles. The molecular formula is C6H14N4O. The average molecular weight is 158 g/mol. The molecule has 0 radical (unpaired) electrons. The van der Waals surface area contributed by atoms with Crippen LogP contribution in [0.4, 0.5) is 0 Å². The number of aromatic nitrogens is 4. The Bertz CT molecular complexity index is 226. The summed E-state index contributed by atoms with van der Waals surface area (Å²) in [5.74, 6) is 0. The lowest BCUT2D eigenvalue weighted by Gasteiger charge is -1.88. The standard InChI is InChI=1S/C4H8N4O.C2H6/c1-2-3-8-4(9)5-6-7-8;1-2/h2-3H2,1H3,(H,5,7,9);1-2H3. The van der Waals surface area contributed by atoms with Crippen molar-refractivity contribution >= 4 is 0 Å². The smallest absolute Gasteiger partial charge is 0.245 e. The van der Waals surface area contributed by atoms with Gasteiger partial charge in [0.2, 0.25) is 0 Å². The third-order valence-corrected chi connectivity index (χ3v) is 0.968. The van der Waals surface area contributed by atoms with Gasteiger partial charge in [-0.1, -0.05) is 20.8 Å². The molecule has 0 spiro atoms. The number of rotatable bonds is 2. The summed E-state index contributed by atoms with van der Waals surface area (Å²) >= 11 is 0. The van der Waals surface area contributed by atoms with Crippen molar-refractivity contribution in [3.8, 4) is 0 Å². The lowest BCUT2D eigenvalue weighted by molar-refractivity contribution is 0.564. The molecule has 0 bridgehead atoms. The van der Waals surface area contributed by atoms with E-state index in [9.17, 15) is 4.79 Å². The van der Waals surface area contributed by atoms with E-state index >= 15 is 0 Å². The Morgan fingerprint density at radius 3 is 2.55 bits per heavy atom. The Hall–Kier alpha value is -1.13. The first kappa shape index (κ1) is 9.87. The SMILES string of the molecule is CC.CCCn1nn[nH]c1=O. The second-order valence-corrected chi connectivity index (χ2v) is 1.73. The summed E-state index contributed by atoms with van der Waals surface area (Å²) in [7, 11) is 0. The van der Waals surface area contributed by atoms with Gasteiger partial charge in [-0.05, 0) is 16.8 Å². The van der Waals surface area contributed by atoms with Crippen LogP contribution >= 0.6 is 0 Å². The van der Waals surface area contributed by atoms with Crippen molar-refractivity contribution in [3.63, 3.8) is 0 Å². The van der Waals surface area contributed by atoms with Crippen molar-refractivity contribution < 1.29 is 0 Å². The van der Waals surface area contributed by atoms with Crippen LogP contribution in [-0.4, -0.2) is 20.2 Å². The van der Waals surface area contributed by atoms with E-state index < -0.39 is 0 Å². The molecule has 0 aliphatic rings. The number of hydrogen-bond donors (Lipinski definition) is 1. The van der Waals surface area contributed by atoms with E-state index in [2.05, 4.69) is 15.5 Å². The maximum atomic E-state index is 10.6. The molecule has 1 heterocycles. The van der Waals surface area contributed by atoms with Crippen molar-refractivity contribution in [2.75, 3.05) is 0 Å². The molecule has 0 saturated carbocycles. The van der Waals surface area contributed by atoms with Gasteiger partial charge in [0.05, 0.1) is 0 Å². The summed E-state index contributed by atoms with van der Waals surface area (Å²) < 4.78 is 1.29. The van der Waals surface area contributed by atoms with E-state index in [1.165, 1.54) is 4.68 Å². The van der Waals surface area contributed by atoms with Crippen molar-refractivity contribution in [3.05, 3.63) is 10.5 Å². The molecule has 64 valence electrons. The predicted molar refractivity (Wildman–Crippen MR) is 42.3 cm³/mol. The molecule has 0 aromatic carbocycles. The highest BCUT2D eigenvalue weighted by atomic mass is 16.2. The van der Waals surface area contributed by atoms with Crippen LogP contribution in [0.2, 0.25) is 0 Å². The second-order valence-electron chi connectivity index (χ2n) is 1.73. The second kappa shape index (κ2) is 5.64. The minimum Gasteiger partial charge on any atom is -0.245 e. The first-order chi connectivity index (χ1) is 5.34. The van der Waals surface area contributed by atoms with Gasteiger partial charge in [0.1, 0.15) is 0 Å². The summed E-state index contributed by atoms with van der Waals surface area (Å²) in [5, 5.41) is 9.02. The van der Waals surface area contributed by atoms with Crippen molar-refractivity contribution in [1.29, 1.82) is 0 Å². The zero-order valence-corrected chi connectivity index (χ0v) is 7.16. The summed E-state index contributed by atoms with van der Waals surface area (Å²) in [6.45, 7) is 6.61. The highest BCUT2D eigenvalue weighted by molar-refractivity contribution is 4.49. The fraction of sp³-hybridized carbons (Fsp3) is 0.833. The van der Waals surface area contributed by atoms with E-state index in [4.69, 9.17) is 0 Å². The van der Waals surface area contributed by atoms with Gasteiger partial charge in [-0.2, -0.15) is 4.68 Å². The van der Waals surface area contributed by atoms with Crippen LogP contribution in [0.1, 0.15) is 27.2 Å². The first-order valence-corrected chi connectivity index (χ1v) is 3.82. The van der Waals surface area contributed by atoms with E-state index in [1.54, 1.807) is 0 Å². The van der Waals surface area contributed by atoms with E-state index in [0.29, 0.717) is 6.54 Å². The molecule has 1 rings (SSSR count). The van der Waals surface area contributed by atoms with Crippen molar-refractivity contribution in [1.82, 2.24) is 20.2 Å². The molecule has 11 heavy (non-hydrogen) atoms. The van der Waals surface area contributed by atoms with Crippen LogP contribution in [0.5, 0.6) is 0 Å². The maximum Gasteiger partial charge on any atom is 0.361 e. The molecule has 0 aliphatic carbocycles. The van der Waals surface area contributed by atoms with Crippen LogP contribution < -0.4 is 5.69 Å². The fourth-order valence-electron chi connectivity index (χ4n) is 0.576. The lowest BCUT2D eigenvalue weighted by atomic mass is 10.5. The Kier molecular flexibility index (Phi) is 5.06. The minimum absolute atomic E-state index is 0.239. The number of nitrogens with zero attached hydrogens (tertiary/aromatic N) is 3. The van der Waals surface area contributed by atoms with Gasteiger partial charge in [0, 0.05) is 6.54 Å². The van der Waals surface area contributed by atoms with E-state index in [1.807, 2.05) is 20.8 Å². The first-order valence-electron chi connectivity index (χ1n) is 3.82. The molecule has 1 aromatic heterocycles. The molecule has 0 aliphatic heterocycles. The summed E-state index contributed by atoms with van der Waals surface area (Å²) in [6, 6.07) is 0. The van der Waals surface area contributed by atoms with Gasteiger partial charge in [-0.15, -0.1) is 0 Å². The number of H-pyrrole nitrogens is 1. The maximum absolute atomic E-state index is 10.6. The molecule has 5 nitrogen and oxygen atoms in total. The zero-order chi connectivity index (χ0) is 8.69. The van der Waals surface area contributed by atoms with E-state index in [-0.39, 0.29) is 5.69 Å². The normalized spacial score (nSPS) is 8.64. The van der Waals surface area contributed by atoms with Crippen LogP contribution in [0.3, 0.4) is 0 Å². The van der Waals surface area contributed by atoms with Gasteiger partial charge in [0.15, 0.2) is 0 Å². The third-order valence-electron chi connectivity index (χ3n) is 0.968. The molecular weight excluding hydrogens is 144 g/mol. The van der Waals surface area contributed by atoms with Crippen LogP contribution in [0.15, 0.2) is 4.79 Å². The fourth-order valence-corrected chi connectivity index (χ4v) is 0.576. The molecule has 5 heteroatoms. The van der Waals surface area contributed by atoms with Crippen LogP contribution in [0.25, 0.3) is 0 Å². The predicted octanol–water partition coefficient (Wildman–Crippen LogP) is 0.403. The lowest BCUT2D eigenvalue weighted by Crippen LogP contribution is -2.17. The quantitative estimate of drug-likeness (QED) is 0.677. The molecule has 0 fully saturated rings. The van der Waals surface area contributed by atoms with Gasteiger partial charge in [0.25, 0.3) is 0 Å². The minimum atomic E-state index is -0.239. The largest absolute Gasteiger partial charge is 0.361 e. The Balaban J connectivity index is 0.000000461. The highest BCUT2D eigenvalue weighted by Gasteiger charge is 1.93. The number of aromatic amines is 1. The average Bonchev–Trinajstić information content (AvgIpc) is 2.42. The number of tetrazole rings is 1. The summed E-state index contributed by atoms with van der Waals surface area (Å²) in [5.41, 5.74) is -0.239. The third kappa shape index (κ3) is 2.97. The zero-order valence-electron chi connectivity index (χ0n) is 7.16. The molecule has 0 amide bonds. The molecule has 0 atom stereocenters. The highest BCUT2D eigenvalue weighted by Crippen LogP contribution is 1.76. The Morgan fingerprint density at radius 1 is 1.55 bits per heavy atom. The van der Waals surface area contributed by atoms with Gasteiger partial charge < -0.3 is 0 Å². The van der Waals surface area contributed by atoms with Gasteiger partial charge >= 0.3 is 5.69 Å². The summed E-state index contributed by atoms with van der Waals surface area (Å²) in [6.07, 6.45) is 0.895. The number of aryl methyl sites for hydroxylation is 1. The monoisotopic (exact) mass is 158 g/mol. The number of hydrogen-bond acceptors (Lipinski definition) is 3. The molecule has 1 aromatic rings. The molecule has 0 unspecified atom stereocenters. The van der Waals surface area contributed by atoms with Crippen molar-refractivity contribution in [2.24, 2.45) is 0 Å². The van der Waals surface area contributed by atoms with Crippen molar-refractivity contribution in [2.45, 2.75) is 33.7 Å². The molecule has 1 N–H and O–H groups in total. The van der Waals surface area contributed by atoms with Crippen LogP contribution in [-0.2, 0) is 6.54 Å².